The fraction of sp³-hybridized carbons (Fsp3) is 0.900. The van der Waals surface area contributed by atoms with Crippen LogP contribution >= 0.6 is 0 Å². The fourth-order valence-electron chi connectivity index (χ4n) is 1.19. The maximum absolute atomic E-state index is 11.4. The van der Waals surface area contributed by atoms with Crippen LogP contribution in [-0.2, 0) is 14.3 Å². The molecule has 0 radical (unpaired) electrons. The normalized spacial score (nSPS) is 14.7. The molecule has 0 aliphatic rings. The third-order valence-corrected chi connectivity index (χ3v) is 1.87. The molecule has 2 atom stereocenters. The second kappa shape index (κ2) is 8.64. The van der Waals surface area contributed by atoms with E-state index in [-0.39, 0.29) is 13.2 Å². The van der Waals surface area contributed by atoms with Crippen molar-refractivity contribution in [3.8, 4) is 0 Å². The van der Waals surface area contributed by atoms with Crippen LogP contribution in [0.2, 0.25) is 0 Å². The van der Waals surface area contributed by atoms with Gasteiger partial charge in [0.25, 0.3) is 0 Å². The van der Waals surface area contributed by atoms with Gasteiger partial charge in [-0.1, -0.05) is 0 Å². The fourth-order valence-corrected chi connectivity index (χ4v) is 1.19. The van der Waals surface area contributed by atoms with Crippen molar-refractivity contribution < 1.29 is 24.5 Å². The van der Waals surface area contributed by atoms with Gasteiger partial charge in [-0.15, -0.1) is 0 Å². The summed E-state index contributed by atoms with van der Waals surface area (Å²) in [4.78, 5) is 11.4. The Bertz CT molecular complexity index is 171. The molecular weight excluding hydrogens is 200 g/mol. The Morgan fingerprint density at radius 3 is 2.47 bits per heavy atom. The number of hydrogen-bond donors (Lipinski definition) is 2. The minimum atomic E-state index is -0.943. The first-order valence-corrected chi connectivity index (χ1v) is 5.24. The molecule has 0 aromatic heterocycles. The van der Waals surface area contributed by atoms with E-state index in [9.17, 15) is 9.90 Å². The minimum Gasteiger partial charge on any atom is -0.464 e. The Morgan fingerprint density at radius 2 is 2.00 bits per heavy atom. The summed E-state index contributed by atoms with van der Waals surface area (Å²) in [5, 5.41) is 18.2. The summed E-state index contributed by atoms with van der Waals surface area (Å²) < 4.78 is 9.88. The number of carbonyl (C=O) groups is 1. The number of esters is 1. The van der Waals surface area contributed by atoms with Crippen molar-refractivity contribution >= 4 is 5.97 Å². The van der Waals surface area contributed by atoms with Gasteiger partial charge >= 0.3 is 5.97 Å². The van der Waals surface area contributed by atoms with E-state index in [0.717, 1.165) is 0 Å². The molecule has 90 valence electrons. The topological polar surface area (TPSA) is 76.0 Å². The van der Waals surface area contributed by atoms with Crippen molar-refractivity contribution in [3.63, 3.8) is 0 Å². The van der Waals surface area contributed by atoms with Gasteiger partial charge in [0.1, 0.15) is 0 Å². The van der Waals surface area contributed by atoms with Crippen molar-refractivity contribution in [2.24, 2.45) is 0 Å². The molecule has 0 saturated carbocycles. The van der Waals surface area contributed by atoms with Crippen LogP contribution in [0.5, 0.6) is 0 Å². The zero-order valence-electron chi connectivity index (χ0n) is 9.31. The predicted octanol–water partition coefficient (Wildman–Crippen LogP) is 0.0880. The summed E-state index contributed by atoms with van der Waals surface area (Å²) in [5.41, 5.74) is 0. The van der Waals surface area contributed by atoms with Crippen LogP contribution in [-0.4, -0.2) is 48.2 Å². The third-order valence-electron chi connectivity index (χ3n) is 1.87. The van der Waals surface area contributed by atoms with Crippen LogP contribution in [0.25, 0.3) is 0 Å². The highest BCUT2D eigenvalue weighted by Gasteiger charge is 2.28. The highest BCUT2D eigenvalue weighted by molar-refractivity contribution is 5.75. The number of carbonyl (C=O) groups excluding carboxylic acids is 1. The Labute approximate surface area is 90.0 Å². The van der Waals surface area contributed by atoms with Gasteiger partial charge in [0.2, 0.25) is 0 Å². The number of aliphatic hydroxyl groups is 2. The Kier molecular flexibility index (Phi) is 8.27. The zero-order valence-corrected chi connectivity index (χ0v) is 9.31. The van der Waals surface area contributed by atoms with E-state index in [1.165, 1.54) is 0 Å². The van der Waals surface area contributed by atoms with Crippen LogP contribution < -0.4 is 0 Å². The quantitative estimate of drug-likeness (QED) is 0.567. The summed E-state index contributed by atoms with van der Waals surface area (Å²) in [6.45, 7) is 4.01. The standard InChI is InChI=1S/C10H20O5/c1-3-14-9(10(13)15-4-2)8(12)6-5-7-11/h8-9,11-12H,3-7H2,1-2H3. The Balaban J connectivity index is 4.16. The third kappa shape index (κ3) is 5.71. The molecule has 0 spiro atoms. The van der Waals surface area contributed by atoms with Crippen molar-refractivity contribution in [3.05, 3.63) is 0 Å². The van der Waals surface area contributed by atoms with E-state index in [2.05, 4.69) is 0 Å². The molecule has 0 bridgehead atoms. The molecule has 0 aromatic carbocycles. The highest BCUT2D eigenvalue weighted by atomic mass is 16.6. The number of ether oxygens (including phenoxy) is 2. The summed E-state index contributed by atoms with van der Waals surface area (Å²) in [5.74, 6) is -0.551. The molecule has 0 saturated heterocycles. The second-order valence-corrected chi connectivity index (χ2v) is 3.06. The van der Waals surface area contributed by atoms with E-state index in [1.807, 2.05) is 0 Å². The average Bonchev–Trinajstić information content (AvgIpc) is 2.22. The highest BCUT2D eigenvalue weighted by Crippen LogP contribution is 2.08. The van der Waals surface area contributed by atoms with Crippen LogP contribution in [0, 0.1) is 0 Å². The smallest absolute Gasteiger partial charge is 0.337 e. The lowest BCUT2D eigenvalue weighted by molar-refractivity contribution is -0.164. The van der Waals surface area contributed by atoms with E-state index in [4.69, 9.17) is 14.6 Å². The van der Waals surface area contributed by atoms with E-state index < -0.39 is 18.2 Å². The van der Waals surface area contributed by atoms with Gasteiger partial charge in [0, 0.05) is 13.2 Å². The molecule has 0 aliphatic carbocycles. The molecule has 2 N–H and O–H groups in total. The maximum Gasteiger partial charge on any atom is 0.337 e. The van der Waals surface area contributed by atoms with Crippen molar-refractivity contribution in [2.45, 2.75) is 38.9 Å². The predicted molar refractivity (Wildman–Crippen MR) is 54.4 cm³/mol. The number of hydrogen-bond acceptors (Lipinski definition) is 5. The number of rotatable bonds is 8. The second-order valence-electron chi connectivity index (χ2n) is 3.06. The maximum atomic E-state index is 11.4. The molecule has 5 nitrogen and oxygen atoms in total. The SMILES string of the molecule is CCOC(=O)C(OCC)C(O)CCCO. The molecule has 0 amide bonds. The minimum absolute atomic E-state index is 0.0151. The monoisotopic (exact) mass is 220 g/mol. The van der Waals surface area contributed by atoms with Gasteiger partial charge in [0.05, 0.1) is 12.7 Å². The number of aliphatic hydroxyl groups excluding tert-OH is 2. The molecule has 0 fully saturated rings. The first-order valence-electron chi connectivity index (χ1n) is 5.24. The van der Waals surface area contributed by atoms with E-state index >= 15 is 0 Å². The molecular formula is C10H20O5. The summed E-state index contributed by atoms with van der Waals surface area (Å²) in [6, 6.07) is 0. The Hall–Kier alpha value is -0.650. The van der Waals surface area contributed by atoms with Crippen molar-refractivity contribution in [2.75, 3.05) is 19.8 Å². The van der Waals surface area contributed by atoms with Gasteiger partial charge in [-0.05, 0) is 26.7 Å². The molecule has 0 rings (SSSR count). The summed E-state index contributed by atoms with van der Waals surface area (Å²) >= 11 is 0. The van der Waals surface area contributed by atoms with Gasteiger partial charge < -0.3 is 19.7 Å². The molecule has 0 heterocycles. The van der Waals surface area contributed by atoms with Gasteiger partial charge in [-0.2, -0.15) is 0 Å². The van der Waals surface area contributed by atoms with E-state index in [1.54, 1.807) is 13.8 Å². The van der Waals surface area contributed by atoms with Crippen molar-refractivity contribution in [1.29, 1.82) is 0 Å². The lowest BCUT2D eigenvalue weighted by atomic mass is 10.1. The largest absolute Gasteiger partial charge is 0.464 e. The van der Waals surface area contributed by atoms with Crippen molar-refractivity contribution in [1.82, 2.24) is 0 Å². The molecule has 2 unspecified atom stereocenters. The lowest BCUT2D eigenvalue weighted by Gasteiger charge is -2.20. The first-order chi connectivity index (χ1) is 7.17. The summed E-state index contributed by atoms with van der Waals surface area (Å²) in [7, 11) is 0. The average molecular weight is 220 g/mol. The molecule has 5 heteroatoms. The van der Waals surface area contributed by atoms with Crippen LogP contribution in [0.3, 0.4) is 0 Å². The van der Waals surface area contributed by atoms with Crippen LogP contribution in [0.15, 0.2) is 0 Å². The van der Waals surface area contributed by atoms with Gasteiger partial charge in [0.15, 0.2) is 6.10 Å². The molecule has 0 aromatic rings. The molecule has 15 heavy (non-hydrogen) atoms. The van der Waals surface area contributed by atoms with Crippen LogP contribution in [0.4, 0.5) is 0 Å². The molecule has 0 aliphatic heterocycles. The van der Waals surface area contributed by atoms with E-state index in [0.29, 0.717) is 19.4 Å². The van der Waals surface area contributed by atoms with Crippen LogP contribution in [0.1, 0.15) is 26.7 Å². The zero-order chi connectivity index (χ0) is 11.7. The van der Waals surface area contributed by atoms with Gasteiger partial charge in [-0.25, -0.2) is 4.79 Å². The summed E-state index contributed by atoms with van der Waals surface area (Å²) in [6.07, 6.45) is -1.11. The first kappa shape index (κ1) is 14.3. The Morgan fingerprint density at radius 1 is 1.33 bits per heavy atom. The van der Waals surface area contributed by atoms with Gasteiger partial charge in [-0.3, -0.25) is 0 Å². The lowest BCUT2D eigenvalue weighted by Crippen LogP contribution is -2.38.